The van der Waals surface area contributed by atoms with Crippen LogP contribution in [-0.2, 0) is 0 Å². The fourth-order valence-corrected chi connectivity index (χ4v) is 1.69. The first-order valence-electron chi connectivity index (χ1n) is 4.81. The maximum absolute atomic E-state index is 8.78. The van der Waals surface area contributed by atoms with Crippen LogP contribution in [-0.4, -0.2) is 0 Å². The summed E-state index contributed by atoms with van der Waals surface area (Å²) in [5, 5.41) is 8.78. The first-order chi connectivity index (χ1) is 6.95. The molecule has 0 radical (unpaired) electrons. The predicted molar refractivity (Wildman–Crippen MR) is 67.2 cm³/mol. The van der Waals surface area contributed by atoms with Crippen LogP contribution in [0.5, 0.6) is 0 Å². The zero-order chi connectivity index (χ0) is 11.5. The smallest absolute Gasteiger partial charge is 0.0915 e. The van der Waals surface area contributed by atoms with Crippen LogP contribution in [0.2, 0.25) is 0 Å². The number of nitriles is 1. The summed E-state index contributed by atoms with van der Waals surface area (Å²) >= 11 is 3.40. The number of rotatable bonds is 1. The molecule has 78 valence electrons. The van der Waals surface area contributed by atoms with E-state index in [0.29, 0.717) is 0 Å². The molecule has 0 aliphatic heterocycles. The van der Waals surface area contributed by atoms with E-state index < -0.39 is 0 Å². The lowest BCUT2D eigenvalue weighted by Gasteiger charge is -2.22. The number of benzene rings is 1. The highest BCUT2D eigenvalue weighted by Gasteiger charge is 2.18. The first kappa shape index (κ1) is 12.0. The van der Waals surface area contributed by atoms with Gasteiger partial charge in [-0.2, -0.15) is 5.26 Å². The van der Waals surface area contributed by atoms with Gasteiger partial charge in [-0.1, -0.05) is 48.8 Å². The summed E-state index contributed by atoms with van der Waals surface area (Å²) in [4.78, 5) is 0. The lowest BCUT2D eigenvalue weighted by molar-refractivity contribution is 0.567. The van der Waals surface area contributed by atoms with E-state index in [1.807, 2.05) is 24.3 Å². The van der Waals surface area contributed by atoms with Gasteiger partial charge in [0.15, 0.2) is 0 Å². The van der Waals surface area contributed by atoms with E-state index in [0.717, 1.165) is 15.6 Å². The molecule has 1 aromatic carbocycles. The van der Waals surface area contributed by atoms with E-state index in [4.69, 9.17) is 5.26 Å². The number of hydrogen-bond acceptors (Lipinski definition) is 1. The van der Waals surface area contributed by atoms with Gasteiger partial charge in [0.2, 0.25) is 0 Å². The SMILES string of the molecule is CC(C)(C)/C(=C/C#N)c1ccc(Br)cc1. The van der Waals surface area contributed by atoms with Crippen LogP contribution in [0.25, 0.3) is 5.57 Å². The van der Waals surface area contributed by atoms with Crippen molar-refractivity contribution < 1.29 is 0 Å². The Kier molecular flexibility index (Phi) is 3.71. The van der Waals surface area contributed by atoms with Crippen LogP contribution >= 0.6 is 15.9 Å². The standard InChI is InChI=1S/C13H14BrN/c1-13(2,3)12(8-9-15)10-4-6-11(14)7-5-10/h4-8H,1-3H3/b12-8+. The first-order valence-corrected chi connectivity index (χ1v) is 5.60. The molecule has 0 aromatic heterocycles. The van der Waals surface area contributed by atoms with Crippen LogP contribution in [0.15, 0.2) is 34.8 Å². The number of allylic oxidation sites excluding steroid dienone is 2. The summed E-state index contributed by atoms with van der Waals surface area (Å²) in [6, 6.07) is 10.2. The van der Waals surface area contributed by atoms with Gasteiger partial charge in [0.1, 0.15) is 0 Å². The molecule has 0 spiro atoms. The fourth-order valence-electron chi connectivity index (χ4n) is 1.43. The van der Waals surface area contributed by atoms with Gasteiger partial charge < -0.3 is 0 Å². The highest BCUT2D eigenvalue weighted by molar-refractivity contribution is 9.10. The van der Waals surface area contributed by atoms with Crippen molar-refractivity contribution in [2.75, 3.05) is 0 Å². The Morgan fingerprint density at radius 1 is 1.27 bits per heavy atom. The Morgan fingerprint density at radius 2 is 1.80 bits per heavy atom. The predicted octanol–water partition coefficient (Wildman–Crippen LogP) is 4.40. The second kappa shape index (κ2) is 4.63. The van der Waals surface area contributed by atoms with Crippen LogP contribution in [0.3, 0.4) is 0 Å². The molecule has 15 heavy (non-hydrogen) atoms. The van der Waals surface area contributed by atoms with Gasteiger partial charge in [0, 0.05) is 10.5 Å². The minimum absolute atomic E-state index is 0.0104. The summed E-state index contributed by atoms with van der Waals surface area (Å²) in [5.74, 6) is 0. The second-order valence-electron chi connectivity index (χ2n) is 4.44. The zero-order valence-electron chi connectivity index (χ0n) is 9.21. The van der Waals surface area contributed by atoms with E-state index in [1.54, 1.807) is 6.08 Å². The topological polar surface area (TPSA) is 23.8 Å². The Morgan fingerprint density at radius 3 is 2.20 bits per heavy atom. The van der Waals surface area contributed by atoms with Crippen molar-refractivity contribution in [1.29, 1.82) is 5.26 Å². The van der Waals surface area contributed by atoms with Crippen molar-refractivity contribution >= 4 is 21.5 Å². The third kappa shape index (κ3) is 3.21. The van der Waals surface area contributed by atoms with Crippen LogP contribution < -0.4 is 0 Å². The van der Waals surface area contributed by atoms with Crippen LogP contribution in [0.4, 0.5) is 0 Å². The lowest BCUT2D eigenvalue weighted by atomic mass is 9.82. The monoisotopic (exact) mass is 263 g/mol. The van der Waals surface area contributed by atoms with Crippen molar-refractivity contribution in [2.45, 2.75) is 20.8 Å². The summed E-state index contributed by atoms with van der Waals surface area (Å²) < 4.78 is 1.05. The number of hydrogen-bond donors (Lipinski definition) is 0. The maximum atomic E-state index is 8.78. The molecule has 0 aliphatic rings. The van der Waals surface area contributed by atoms with E-state index in [-0.39, 0.29) is 5.41 Å². The third-order valence-corrected chi connectivity index (χ3v) is 2.70. The van der Waals surface area contributed by atoms with Gasteiger partial charge in [0.05, 0.1) is 6.07 Å². The Bertz CT molecular complexity index is 402. The van der Waals surface area contributed by atoms with Gasteiger partial charge in [-0.05, 0) is 28.7 Å². The molecule has 0 fully saturated rings. The molecule has 0 saturated heterocycles. The highest BCUT2D eigenvalue weighted by Crippen LogP contribution is 2.34. The third-order valence-electron chi connectivity index (χ3n) is 2.17. The second-order valence-corrected chi connectivity index (χ2v) is 5.36. The van der Waals surface area contributed by atoms with Gasteiger partial charge in [-0.15, -0.1) is 0 Å². The Balaban J connectivity index is 3.19. The normalized spacial score (nSPS) is 12.3. The fraction of sp³-hybridized carbons (Fsp3) is 0.308. The molecule has 0 aliphatic carbocycles. The Hall–Kier alpha value is -1.07. The van der Waals surface area contributed by atoms with Crippen molar-refractivity contribution in [1.82, 2.24) is 0 Å². The van der Waals surface area contributed by atoms with Gasteiger partial charge >= 0.3 is 0 Å². The summed E-state index contributed by atoms with van der Waals surface area (Å²) in [5.41, 5.74) is 2.16. The highest BCUT2D eigenvalue weighted by atomic mass is 79.9. The van der Waals surface area contributed by atoms with Crippen molar-refractivity contribution in [2.24, 2.45) is 5.41 Å². The molecule has 0 amide bonds. The molecule has 1 aromatic rings. The van der Waals surface area contributed by atoms with Gasteiger partial charge in [0.25, 0.3) is 0 Å². The molecule has 0 saturated carbocycles. The Labute approximate surface area is 99.6 Å². The molecule has 0 N–H and O–H groups in total. The maximum Gasteiger partial charge on any atom is 0.0915 e. The molecular formula is C13H14BrN. The number of halogens is 1. The average Bonchev–Trinajstić information content (AvgIpc) is 2.14. The molecule has 0 atom stereocenters. The minimum atomic E-state index is -0.0104. The van der Waals surface area contributed by atoms with Crippen molar-refractivity contribution in [3.63, 3.8) is 0 Å². The quantitative estimate of drug-likeness (QED) is 0.689. The molecule has 1 rings (SSSR count). The van der Waals surface area contributed by atoms with Crippen molar-refractivity contribution in [3.05, 3.63) is 40.4 Å². The van der Waals surface area contributed by atoms with Gasteiger partial charge in [-0.25, -0.2) is 0 Å². The lowest BCUT2D eigenvalue weighted by Crippen LogP contribution is -2.08. The summed E-state index contributed by atoms with van der Waals surface area (Å²) in [6.07, 6.45) is 1.63. The van der Waals surface area contributed by atoms with Crippen LogP contribution in [0, 0.1) is 16.7 Å². The van der Waals surface area contributed by atoms with Crippen molar-refractivity contribution in [3.8, 4) is 6.07 Å². The molecule has 0 heterocycles. The zero-order valence-corrected chi connectivity index (χ0v) is 10.8. The van der Waals surface area contributed by atoms with E-state index in [1.165, 1.54) is 0 Å². The van der Waals surface area contributed by atoms with E-state index >= 15 is 0 Å². The molecule has 0 unspecified atom stereocenters. The molecule has 0 bridgehead atoms. The van der Waals surface area contributed by atoms with Gasteiger partial charge in [-0.3, -0.25) is 0 Å². The van der Waals surface area contributed by atoms with E-state index in [2.05, 4.69) is 42.8 Å². The summed E-state index contributed by atoms with van der Waals surface area (Å²) in [6.45, 7) is 6.33. The number of nitrogens with zero attached hydrogens (tertiary/aromatic N) is 1. The summed E-state index contributed by atoms with van der Waals surface area (Å²) in [7, 11) is 0. The largest absolute Gasteiger partial charge is 0.193 e. The molecule has 2 heteroatoms. The molecule has 1 nitrogen and oxygen atoms in total. The van der Waals surface area contributed by atoms with E-state index in [9.17, 15) is 0 Å². The average molecular weight is 264 g/mol. The van der Waals surface area contributed by atoms with Crippen LogP contribution in [0.1, 0.15) is 26.3 Å². The minimum Gasteiger partial charge on any atom is -0.193 e. The molecular weight excluding hydrogens is 250 g/mol.